The van der Waals surface area contributed by atoms with E-state index in [-0.39, 0.29) is 30.9 Å². The van der Waals surface area contributed by atoms with Gasteiger partial charge in [-0.3, -0.25) is 9.59 Å². The monoisotopic (exact) mass is 382 g/mol. The number of ether oxygens (including phenoxy) is 1. The van der Waals surface area contributed by atoms with Crippen LogP contribution >= 0.6 is 0 Å². The summed E-state index contributed by atoms with van der Waals surface area (Å²) in [6, 6.07) is 14.0. The number of hydrogen-bond acceptors (Lipinski definition) is 3. The SMILES string of the molecule is CN(C[C@H]1OCCc2ccccc21)C(=O)[C@@H]1CC(=O)N(c2cccc(F)c2)C1. The number of nitrogens with zero attached hydrogens (tertiary/aromatic N) is 2. The third-order valence-electron chi connectivity index (χ3n) is 5.50. The fourth-order valence-electron chi connectivity index (χ4n) is 4.04. The maximum atomic E-state index is 13.5. The van der Waals surface area contributed by atoms with Gasteiger partial charge in [0.1, 0.15) is 11.9 Å². The van der Waals surface area contributed by atoms with Crippen molar-refractivity contribution in [2.75, 3.05) is 31.6 Å². The molecule has 2 amide bonds. The molecule has 2 aliphatic rings. The number of anilines is 1. The minimum Gasteiger partial charge on any atom is -0.371 e. The van der Waals surface area contributed by atoms with Gasteiger partial charge in [-0.05, 0) is 35.7 Å². The smallest absolute Gasteiger partial charge is 0.227 e. The van der Waals surface area contributed by atoms with Gasteiger partial charge in [-0.15, -0.1) is 0 Å². The van der Waals surface area contributed by atoms with Crippen molar-refractivity contribution in [2.24, 2.45) is 5.92 Å². The van der Waals surface area contributed by atoms with Gasteiger partial charge in [0.2, 0.25) is 11.8 Å². The minimum atomic E-state index is -0.431. The minimum absolute atomic E-state index is 0.0843. The Bertz CT molecular complexity index is 901. The summed E-state index contributed by atoms with van der Waals surface area (Å²) >= 11 is 0. The zero-order valence-corrected chi connectivity index (χ0v) is 15.8. The van der Waals surface area contributed by atoms with Crippen molar-refractivity contribution in [3.8, 4) is 0 Å². The van der Waals surface area contributed by atoms with E-state index in [1.165, 1.54) is 22.6 Å². The van der Waals surface area contributed by atoms with E-state index in [2.05, 4.69) is 6.07 Å². The second-order valence-electron chi connectivity index (χ2n) is 7.41. The molecule has 0 spiro atoms. The molecule has 6 heteroatoms. The molecule has 0 aromatic heterocycles. The third-order valence-corrected chi connectivity index (χ3v) is 5.50. The van der Waals surface area contributed by atoms with Crippen LogP contribution in [-0.2, 0) is 20.7 Å². The Hall–Kier alpha value is -2.73. The first kappa shape index (κ1) is 18.6. The van der Waals surface area contributed by atoms with Gasteiger partial charge < -0.3 is 14.5 Å². The highest BCUT2D eigenvalue weighted by atomic mass is 19.1. The quantitative estimate of drug-likeness (QED) is 0.817. The van der Waals surface area contributed by atoms with E-state index < -0.39 is 11.7 Å². The van der Waals surface area contributed by atoms with Gasteiger partial charge in [-0.1, -0.05) is 30.3 Å². The highest BCUT2D eigenvalue weighted by Crippen LogP contribution is 2.30. The molecule has 5 nitrogen and oxygen atoms in total. The number of hydrogen-bond donors (Lipinski definition) is 0. The molecule has 146 valence electrons. The molecule has 2 aromatic rings. The van der Waals surface area contributed by atoms with E-state index in [1.54, 1.807) is 24.1 Å². The molecule has 1 saturated heterocycles. The predicted octanol–water partition coefficient (Wildman–Crippen LogP) is 2.95. The molecule has 28 heavy (non-hydrogen) atoms. The van der Waals surface area contributed by atoms with Gasteiger partial charge >= 0.3 is 0 Å². The highest BCUT2D eigenvalue weighted by Gasteiger charge is 2.37. The summed E-state index contributed by atoms with van der Waals surface area (Å²) in [5, 5.41) is 0. The summed E-state index contributed by atoms with van der Waals surface area (Å²) in [6.07, 6.45) is 0.863. The number of likely N-dealkylation sites (N-methyl/N-ethyl adjacent to an activating group) is 1. The number of halogens is 1. The molecular formula is C22H23FN2O3. The van der Waals surface area contributed by atoms with E-state index in [4.69, 9.17) is 4.74 Å². The summed E-state index contributed by atoms with van der Waals surface area (Å²) in [5.41, 5.74) is 2.87. The normalized spacial score (nSPS) is 21.5. The average Bonchev–Trinajstić information content (AvgIpc) is 3.09. The second kappa shape index (κ2) is 7.72. The molecule has 2 atom stereocenters. The van der Waals surface area contributed by atoms with Crippen LogP contribution < -0.4 is 4.90 Å². The molecule has 4 rings (SSSR count). The summed E-state index contributed by atoms with van der Waals surface area (Å²) in [6.45, 7) is 1.35. The van der Waals surface area contributed by atoms with Crippen LogP contribution in [0.4, 0.5) is 10.1 Å². The number of carbonyl (C=O) groups is 2. The topological polar surface area (TPSA) is 49.9 Å². The average molecular weight is 382 g/mol. The Balaban J connectivity index is 1.43. The van der Waals surface area contributed by atoms with Gasteiger partial charge in [0.05, 0.1) is 19.1 Å². The molecule has 0 N–H and O–H groups in total. The fraction of sp³-hybridized carbons (Fsp3) is 0.364. The van der Waals surface area contributed by atoms with Crippen LogP contribution in [0.1, 0.15) is 23.7 Å². The van der Waals surface area contributed by atoms with Gasteiger partial charge in [0.15, 0.2) is 0 Å². The van der Waals surface area contributed by atoms with Crippen molar-refractivity contribution >= 4 is 17.5 Å². The van der Waals surface area contributed by atoms with Crippen molar-refractivity contribution in [3.63, 3.8) is 0 Å². The van der Waals surface area contributed by atoms with Crippen LogP contribution in [0.5, 0.6) is 0 Å². The van der Waals surface area contributed by atoms with Gasteiger partial charge in [0.25, 0.3) is 0 Å². The summed E-state index contributed by atoms with van der Waals surface area (Å²) in [7, 11) is 1.75. The molecule has 0 radical (unpaired) electrons. The standard InChI is InChI=1S/C22H23FN2O3/c1-24(14-20-19-8-3-2-5-15(19)9-10-28-20)22(27)16-11-21(26)25(13-16)18-7-4-6-17(23)12-18/h2-8,12,16,20H,9-11,13-14H2,1H3/t16-,20-/m1/s1. The summed E-state index contributed by atoms with van der Waals surface area (Å²) < 4.78 is 19.4. The van der Waals surface area contributed by atoms with Crippen LogP contribution in [0.15, 0.2) is 48.5 Å². The van der Waals surface area contributed by atoms with E-state index in [1.807, 2.05) is 18.2 Å². The lowest BCUT2D eigenvalue weighted by Gasteiger charge is -2.30. The Morgan fingerprint density at radius 3 is 2.89 bits per heavy atom. The Kier molecular flexibility index (Phi) is 5.13. The van der Waals surface area contributed by atoms with Gasteiger partial charge in [-0.2, -0.15) is 0 Å². The molecule has 2 aromatic carbocycles. The number of benzene rings is 2. The molecule has 0 saturated carbocycles. The van der Waals surface area contributed by atoms with Crippen molar-refractivity contribution in [3.05, 3.63) is 65.5 Å². The van der Waals surface area contributed by atoms with E-state index in [0.717, 1.165) is 12.0 Å². The zero-order valence-electron chi connectivity index (χ0n) is 15.8. The van der Waals surface area contributed by atoms with Crippen LogP contribution in [0.3, 0.4) is 0 Å². The van der Waals surface area contributed by atoms with Crippen molar-refractivity contribution in [1.82, 2.24) is 4.90 Å². The first-order valence-electron chi connectivity index (χ1n) is 9.53. The summed E-state index contributed by atoms with van der Waals surface area (Å²) in [5.74, 6) is -1.07. The maximum absolute atomic E-state index is 13.5. The molecule has 1 fully saturated rings. The lowest BCUT2D eigenvalue weighted by Crippen LogP contribution is -2.38. The third kappa shape index (κ3) is 3.64. The lowest BCUT2D eigenvalue weighted by atomic mass is 9.97. The Morgan fingerprint density at radius 2 is 2.07 bits per heavy atom. The molecule has 2 heterocycles. The van der Waals surface area contributed by atoms with Crippen molar-refractivity contribution in [1.29, 1.82) is 0 Å². The van der Waals surface area contributed by atoms with Crippen LogP contribution in [0, 0.1) is 11.7 Å². The van der Waals surface area contributed by atoms with E-state index >= 15 is 0 Å². The van der Waals surface area contributed by atoms with E-state index in [9.17, 15) is 14.0 Å². The van der Waals surface area contributed by atoms with Crippen LogP contribution in [0.2, 0.25) is 0 Å². The van der Waals surface area contributed by atoms with Crippen molar-refractivity contribution < 1.29 is 18.7 Å². The van der Waals surface area contributed by atoms with E-state index in [0.29, 0.717) is 18.8 Å². The molecule has 0 unspecified atom stereocenters. The predicted molar refractivity (Wildman–Crippen MR) is 103 cm³/mol. The maximum Gasteiger partial charge on any atom is 0.227 e. The number of carbonyl (C=O) groups excluding carboxylic acids is 2. The fourth-order valence-corrected chi connectivity index (χ4v) is 4.04. The first-order valence-corrected chi connectivity index (χ1v) is 9.53. The molecule has 0 aliphatic carbocycles. The van der Waals surface area contributed by atoms with Crippen molar-refractivity contribution in [2.45, 2.75) is 18.9 Å². The van der Waals surface area contributed by atoms with Gasteiger partial charge in [0, 0.05) is 25.7 Å². The number of amides is 2. The molecule has 0 bridgehead atoms. The zero-order chi connectivity index (χ0) is 19.7. The van der Waals surface area contributed by atoms with Gasteiger partial charge in [-0.25, -0.2) is 4.39 Å². The van der Waals surface area contributed by atoms with Crippen LogP contribution in [-0.4, -0.2) is 43.5 Å². The van der Waals surface area contributed by atoms with Crippen LogP contribution in [0.25, 0.3) is 0 Å². The Morgan fingerprint density at radius 1 is 1.25 bits per heavy atom. The number of fused-ring (bicyclic) bond motifs is 1. The summed E-state index contributed by atoms with van der Waals surface area (Å²) in [4.78, 5) is 28.5. The molecular weight excluding hydrogens is 359 g/mol. The highest BCUT2D eigenvalue weighted by molar-refractivity contribution is 6.00. The second-order valence-corrected chi connectivity index (χ2v) is 7.41. The largest absolute Gasteiger partial charge is 0.371 e. The number of rotatable bonds is 4. The first-order chi connectivity index (χ1) is 13.5. The molecule has 2 aliphatic heterocycles. The Labute approximate surface area is 163 Å². The lowest BCUT2D eigenvalue weighted by molar-refractivity contribution is -0.136.